The summed E-state index contributed by atoms with van der Waals surface area (Å²) in [5.41, 5.74) is 0.456. The molecule has 0 spiro atoms. The van der Waals surface area contributed by atoms with Crippen LogP contribution in [0.4, 0.5) is 35.3 Å². The monoisotopic (exact) mass is 514 g/mol. The maximum absolute atomic E-state index is 12.9. The van der Waals surface area contributed by atoms with E-state index in [-0.39, 0.29) is 17.8 Å². The predicted molar refractivity (Wildman–Crippen MR) is 132 cm³/mol. The molecule has 0 aliphatic heterocycles. The van der Waals surface area contributed by atoms with Crippen molar-refractivity contribution in [1.29, 1.82) is 0 Å². The zero-order valence-corrected chi connectivity index (χ0v) is 20.1. The van der Waals surface area contributed by atoms with Crippen molar-refractivity contribution in [2.45, 2.75) is 69.2 Å². The molecule has 2 amide bonds. The largest absolute Gasteiger partial charge is 0.416 e. The van der Waals surface area contributed by atoms with Crippen LogP contribution in [0.1, 0.15) is 61.5 Å². The molecule has 3 aromatic rings. The highest BCUT2D eigenvalue weighted by Gasteiger charge is 2.30. The smallest absolute Gasteiger partial charge is 0.335 e. The number of nitrogens with zero attached hydrogens (tertiary/aromatic N) is 3. The van der Waals surface area contributed by atoms with Crippen LogP contribution in [-0.4, -0.2) is 38.3 Å². The number of carbonyl (C=O) groups is 1. The molecule has 9 nitrogen and oxygen atoms in total. The molecule has 0 unspecified atom stereocenters. The van der Waals surface area contributed by atoms with Crippen molar-refractivity contribution < 1.29 is 18.0 Å². The van der Waals surface area contributed by atoms with Crippen LogP contribution in [0.15, 0.2) is 42.6 Å². The summed E-state index contributed by atoms with van der Waals surface area (Å²) < 4.78 is 38.6. The number of hydrogen-bond acceptors (Lipinski definition) is 6. The van der Waals surface area contributed by atoms with Crippen LogP contribution in [0.3, 0.4) is 0 Å². The van der Waals surface area contributed by atoms with E-state index in [0.29, 0.717) is 24.1 Å². The molecule has 0 radical (unpaired) electrons. The number of urea groups is 1. The standard InChI is InChI=1S/C25H29F3N8O/c26-25(27,28)16-2-1-3-19(12-16)32-24(37)31-18-8-6-17(7-9-18)30-14-23-29-11-10-21(34-23)33-22-13-20(35-36-22)15-4-5-15/h1-3,10-13,15,17-18,30H,4-9,14H2,(H2,31,32,37)(H2,29,33,34,35,36). The molecule has 5 rings (SSSR count). The minimum absolute atomic E-state index is 0.0398. The van der Waals surface area contributed by atoms with Gasteiger partial charge in [-0.25, -0.2) is 14.8 Å². The molecule has 0 atom stereocenters. The van der Waals surface area contributed by atoms with Gasteiger partial charge in [0.1, 0.15) is 11.6 Å². The van der Waals surface area contributed by atoms with Crippen molar-refractivity contribution in [3.8, 4) is 0 Å². The fourth-order valence-corrected chi connectivity index (χ4v) is 4.49. The maximum Gasteiger partial charge on any atom is 0.416 e. The number of nitrogens with one attached hydrogen (secondary N) is 5. The van der Waals surface area contributed by atoms with E-state index in [0.717, 1.165) is 49.3 Å². The molecule has 2 heterocycles. The number of amides is 2. The molecule has 5 N–H and O–H groups in total. The van der Waals surface area contributed by atoms with Gasteiger partial charge >= 0.3 is 12.2 Å². The Balaban J connectivity index is 1.04. The molecule has 0 bridgehead atoms. The third-order valence-corrected chi connectivity index (χ3v) is 6.64. The minimum Gasteiger partial charge on any atom is -0.335 e. The number of anilines is 3. The van der Waals surface area contributed by atoms with Crippen LogP contribution in [-0.2, 0) is 12.7 Å². The van der Waals surface area contributed by atoms with Gasteiger partial charge in [-0.2, -0.15) is 18.3 Å². The lowest BCUT2D eigenvalue weighted by Gasteiger charge is -2.29. The first kappa shape index (κ1) is 25.0. The number of H-pyrrole nitrogens is 1. The van der Waals surface area contributed by atoms with Crippen molar-refractivity contribution in [1.82, 2.24) is 30.8 Å². The molecule has 2 saturated carbocycles. The zero-order valence-electron chi connectivity index (χ0n) is 20.1. The lowest BCUT2D eigenvalue weighted by molar-refractivity contribution is -0.137. The first-order valence-corrected chi connectivity index (χ1v) is 12.4. The summed E-state index contributed by atoms with van der Waals surface area (Å²) in [5, 5.41) is 19.4. The molecule has 1 aromatic carbocycles. The topological polar surface area (TPSA) is 120 Å². The normalized spacial score (nSPS) is 19.9. The SMILES string of the molecule is O=C(Nc1cccc(C(F)(F)F)c1)NC1CCC(NCc2nccc(Nc3cc(C4CC4)[nH]n3)n2)CC1. The zero-order chi connectivity index (χ0) is 25.8. The number of halogens is 3. The fraction of sp³-hybridized carbons (Fsp3) is 0.440. The van der Waals surface area contributed by atoms with E-state index in [1.165, 1.54) is 25.0 Å². The Labute approximate surface area is 212 Å². The van der Waals surface area contributed by atoms with Gasteiger partial charge in [-0.1, -0.05) is 6.07 Å². The highest BCUT2D eigenvalue weighted by molar-refractivity contribution is 5.89. The van der Waals surface area contributed by atoms with E-state index >= 15 is 0 Å². The van der Waals surface area contributed by atoms with E-state index in [1.807, 2.05) is 6.07 Å². The van der Waals surface area contributed by atoms with Crippen molar-refractivity contribution in [2.24, 2.45) is 0 Å². The highest BCUT2D eigenvalue weighted by Crippen LogP contribution is 2.39. The van der Waals surface area contributed by atoms with Crippen LogP contribution in [0, 0.1) is 0 Å². The second kappa shape index (κ2) is 10.8. The summed E-state index contributed by atoms with van der Waals surface area (Å²) >= 11 is 0. The molecular weight excluding hydrogens is 485 g/mol. The highest BCUT2D eigenvalue weighted by atomic mass is 19.4. The second-order valence-electron chi connectivity index (χ2n) is 9.57. The Morgan fingerprint density at radius 2 is 1.78 bits per heavy atom. The van der Waals surface area contributed by atoms with Crippen LogP contribution in [0.25, 0.3) is 0 Å². The summed E-state index contributed by atoms with van der Waals surface area (Å²) in [5.74, 6) is 2.69. The van der Waals surface area contributed by atoms with Gasteiger partial charge in [-0.15, -0.1) is 0 Å². The Bertz CT molecular complexity index is 1220. The van der Waals surface area contributed by atoms with Gasteiger partial charge in [0.25, 0.3) is 0 Å². The summed E-state index contributed by atoms with van der Waals surface area (Å²) in [7, 11) is 0. The average molecular weight is 515 g/mol. The second-order valence-corrected chi connectivity index (χ2v) is 9.57. The van der Waals surface area contributed by atoms with E-state index in [4.69, 9.17) is 0 Å². The van der Waals surface area contributed by atoms with E-state index in [1.54, 1.807) is 12.3 Å². The molecule has 196 valence electrons. The first-order valence-electron chi connectivity index (χ1n) is 12.4. The van der Waals surface area contributed by atoms with Gasteiger partial charge < -0.3 is 21.3 Å². The Morgan fingerprint density at radius 3 is 2.54 bits per heavy atom. The number of alkyl halides is 3. The Morgan fingerprint density at radius 1 is 1.00 bits per heavy atom. The number of rotatable bonds is 8. The molecule has 2 fully saturated rings. The minimum atomic E-state index is -4.46. The van der Waals surface area contributed by atoms with Gasteiger partial charge in [-0.05, 0) is 62.8 Å². The van der Waals surface area contributed by atoms with Gasteiger partial charge in [0.05, 0.1) is 12.1 Å². The molecular formula is C25H29F3N8O. The van der Waals surface area contributed by atoms with Gasteiger partial charge in [0, 0.05) is 41.6 Å². The van der Waals surface area contributed by atoms with Crippen LogP contribution in [0.2, 0.25) is 0 Å². The molecule has 2 aromatic heterocycles. The third-order valence-electron chi connectivity index (χ3n) is 6.64. The molecule has 0 saturated heterocycles. The quantitative estimate of drug-likeness (QED) is 0.287. The predicted octanol–water partition coefficient (Wildman–Crippen LogP) is 5.06. The summed E-state index contributed by atoms with van der Waals surface area (Å²) in [6, 6.07) is 8.13. The number of hydrogen-bond donors (Lipinski definition) is 5. The molecule has 12 heteroatoms. The number of benzene rings is 1. The molecule has 2 aliphatic rings. The number of aromatic nitrogens is 4. The summed E-state index contributed by atoms with van der Waals surface area (Å²) in [6.07, 6.45) is 2.89. The van der Waals surface area contributed by atoms with Crippen molar-refractivity contribution in [3.05, 3.63) is 59.7 Å². The van der Waals surface area contributed by atoms with Crippen molar-refractivity contribution in [2.75, 3.05) is 10.6 Å². The van der Waals surface area contributed by atoms with E-state index in [2.05, 4.69) is 41.4 Å². The van der Waals surface area contributed by atoms with Gasteiger partial charge in [-0.3, -0.25) is 5.10 Å². The third kappa shape index (κ3) is 6.97. The number of carbonyl (C=O) groups excluding carboxylic acids is 1. The van der Waals surface area contributed by atoms with Gasteiger partial charge in [0.2, 0.25) is 0 Å². The van der Waals surface area contributed by atoms with Gasteiger partial charge in [0.15, 0.2) is 5.82 Å². The lowest BCUT2D eigenvalue weighted by Crippen LogP contribution is -2.43. The maximum atomic E-state index is 12.9. The number of aromatic amines is 1. The van der Waals surface area contributed by atoms with E-state index in [9.17, 15) is 18.0 Å². The Hall–Kier alpha value is -3.67. The fourth-order valence-electron chi connectivity index (χ4n) is 4.49. The first-order chi connectivity index (χ1) is 17.8. The summed E-state index contributed by atoms with van der Waals surface area (Å²) in [4.78, 5) is 21.2. The van der Waals surface area contributed by atoms with Crippen LogP contribution >= 0.6 is 0 Å². The van der Waals surface area contributed by atoms with Crippen LogP contribution in [0.5, 0.6) is 0 Å². The van der Waals surface area contributed by atoms with Crippen molar-refractivity contribution >= 4 is 23.4 Å². The molecule has 2 aliphatic carbocycles. The summed E-state index contributed by atoms with van der Waals surface area (Å²) in [6.45, 7) is 0.516. The Kier molecular flexibility index (Phi) is 7.26. The molecule has 37 heavy (non-hydrogen) atoms. The average Bonchev–Trinajstić information content (AvgIpc) is 3.62. The van der Waals surface area contributed by atoms with Crippen molar-refractivity contribution in [3.63, 3.8) is 0 Å². The van der Waals surface area contributed by atoms with Crippen LogP contribution < -0.4 is 21.3 Å². The van der Waals surface area contributed by atoms with E-state index < -0.39 is 17.8 Å². The lowest BCUT2D eigenvalue weighted by atomic mass is 9.91.